The molecular formula is C12H20N2O4. The van der Waals surface area contributed by atoms with Crippen LogP contribution in [0.25, 0.3) is 0 Å². The van der Waals surface area contributed by atoms with Crippen LogP contribution in [-0.4, -0.2) is 34.9 Å². The molecule has 6 heteroatoms. The molecule has 0 spiro atoms. The van der Waals surface area contributed by atoms with Gasteiger partial charge in [0.05, 0.1) is 25.9 Å². The van der Waals surface area contributed by atoms with Crippen molar-refractivity contribution in [2.45, 2.75) is 39.9 Å². The van der Waals surface area contributed by atoms with E-state index in [1.54, 1.807) is 6.92 Å². The van der Waals surface area contributed by atoms with Crippen LogP contribution in [0.1, 0.15) is 39.4 Å². The molecule has 0 amide bonds. The van der Waals surface area contributed by atoms with Crippen molar-refractivity contribution in [2.24, 2.45) is 0 Å². The van der Waals surface area contributed by atoms with E-state index < -0.39 is 6.10 Å². The van der Waals surface area contributed by atoms with Crippen molar-refractivity contribution >= 4 is 0 Å². The molecule has 1 aromatic heterocycles. The van der Waals surface area contributed by atoms with Gasteiger partial charge in [-0.3, -0.25) is 0 Å². The second-order valence-corrected chi connectivity index (χ2v) is 4.01. The summed E-state index contributed by atoms with van der Waals surface area (Å²) in [4.78, 5) is 8.21. The zero-order chi connectivity index (χ0) is 13.7. The molecular weight excluding hydrogens is 236 g/mol. The molecule has 0 aliphatic rings. The molecule has 1 N–H and O–H groups in total. The van der Waals surface area contributed by atoms with E-state index in [-0.39, 0.29) is 23.9 Å². The number of aliphatic hydroxyl groups excluding tert-OH is 1. The van der Waals surface area contributed by atoms with Crippen LogP contribution in [0.4, 0.5) is 0 Å². The van der Waals surface area contributed by atoms with Crippen molar-refractivity contribution in [3.63, 3.8) is 0 Å². The quantitative estimate of drug-likeness (QED) is 0.835. The average molecular weight is 256 g/mol. The fourth-order valence-corrected chi connectivity index (χ4v) is 1.43. The highest BCUT2D eigenvalue weighted by atomic mass is 16.5. The highest BCUT2D eigenvalue weighted by Gasteiger charge is 2.22. The predicted octanol–water partition coefficient (Wildman–Crippen LogP) is 1.72. The first kappa shape index (κ1) is 14.5. The molecule has 0 aromatic carbocycles. The number of aromatic nitrogens is 2. The van der Waals surface area contributed by atoms with Crippen LogP contribution in [0.15, 0.2) is 0 Å². The summed E-state index contributed by atoms with van der Waals surface area (Å²) in [6.45, 7) is 7.63. The van der Waals surface area contributed by atoms with Gasteiger partial charge >= 0.3 is 6.01 Å². The van der Waals surface area contributed by atoms with Crippen LogP contribution in [0.2, 0.25) is 0 Å². The maximum absolute atomic E-state index is 9.77. The lowest BCUT2D eigenvalue weighted by Gasteiger charge is -2.17. The van der Waals surface area contributed by atoms with Gasteiger partial charge in [0.2, 0.25) is 11.8 Å². The average Bonchev–Trinajstić information content (AvgIpc) is 2.27. The van der Waals surface area contributed by atoms with Gasteiger partial charge in [-0.15, -0.1) is 0 Å². The third kappa shape index (κ3) is 3.46. The van der Waals surface area contributed by atoms with E-state index >= 15 is 0 Å². The van der Waals surface area contributed by atoms with Gasteiger partial charge in [0.25, 0.3) is 0 Å². The van der Waals surface area contributed by atoms with Crippen LogP contribution >= 0.6 is 0 Å². The molecule has 0 aliphatic carbocycles. The van der Waals surface area contributed by atoms with Crippen LogP contribution in [0.5, 0.6) is 17.8 Å². The largest absolute Gasteiger partial charge is 0.480 e. The maximum Gasteiger partial charge on any atom is 0.323 e. The molecule has 0 saturated carbocycles. The van der Waals surface area contributed by atoms with E-state index in [1.807, 2.05) is 20.8 Å². The summed E-state index contributed by atoms with van der Waals surface area (Å²) in [6.07, 6.45) is -0.860. The molecule has 18 heavy (non-hydrogen) atoms. The summed E-state index contributed by atoms with van der Waals surface area (Å²) in [7, 11) is 1.48. The van der Waals surface area contributed by atoms with Crippen LogP contribution in [0.3, 0.4) is 0 Å². The zero-order valence-electron chi connectivity index (χ0n) is 11.4. The smallest absolute Gasteiger partial charge is 0.323 e. The first-order valence-corrected chi connectivity index (χ1v) is 5.93. The molecule has 1 aromatic rings. The molecule has 6 nitrogen and oxygen atoms in total. The number of hydrogen-bond acceptors (Lipinski definition) is 6. The summed E-state index contributed by atoms with van der Waals surface area (Å²) in [5.74, 6) is 0.550. The number of methoxy groups -OCH3 is 1. The number of hydrogen-bond donors (Lipinski definition) is 1. The second kappa shape index (κ2) is 6.39. The fraction of sp³-hybridized carbons (Fsp3) is 0.667. The maximum atomic E-state index is 9.77. The van der Waals surface area contributed by atoms with E-state index in [2.05, 4.69) is 9.97 Å². The molecule has 0 radical (unpaired) electrons. The minimum atomic E-state index is -0.788. The number of aliphatic hydroxyl groups is 1. The van der Waals surface area contributed by atoms with Gasteiger partial charge in [-0.1, -0.05) is 0 Å². The topological polar surface area (TPSA) is 73.7 Å². The standard InChI is InChI=1S/C12H20N2O4/c1-6-17-12-13-10(16-5)9(8(4)15)11(14-12)18-7(2)3/h7-8,15H,6H2,1-5H3. The van der Waals surface area contributed by atoms with E-state index in [0.29, 0.717) is 12.2 Å². The zero-order valence-corrected chi connectivity index (χ0v) is 11.4. The Balaban J connectivity index is 3.27. The van der Waals surface area contributed by atoms with Gasteiger partial charge in [0, 0.05) is 0 Å². The van der Waals surface area contributed by atoms with Crippen molar-refractivity contribution in [1.29, 1.82) is 0 Å². The number of nitrogens with zero attached hydrogens (tertiary/aromatic N) is 2. The number of ether oxygens (including phenoxy) is 3. The van der Waals surface area contributed by atoms with Gasteiger partial charge in [-0.2, -0.15) is 9.97 Å². The highest BCUT2D eigenvalue weighted by Crippen LogP contribution is 2.33. The summed E-state index contributed by atoms with van der Waals surface area (Å²) in [6, 6.07) is 0.175. The lowest BCUT2D eigenvalue weighted by atomic mass is 10.2. The van der Waals surface area contributed by atoms with Crippen LogP contribution in [-0.2, 0) is 0 Å². The molecule has 1 heterocycles. The third-order valence-electron chi connectivity index (χ3n) is 2.09. The Hall–Kier alpha value is -1.56. The summed E-state index contributed by atoms with van der Waals surface area (Å²) in [5, 5.41) is 9.77. The Kier molecular flexibility index (Phi) is 5.15. The molecule has 1 atom stereocenters. The van der Waals surface area contributed by atoms with Crippen molar-refractivity contribution < 1.29 is 19.3 Å². The summed E-state index contributed by atoms with van der Waals surface area (Å²) in [5.41, 5.74) is 0.426. The van der Waals surface area contributed by atoms with E-state index in [0.717, 1.165) is 0 Å². The monoisotopic (exact) mass is 256 g/mol. The van der Waals surface area contributed by atoms with Crippen molar-refractivity contribution in [3.05, 3.63) is 5.56 Å². The van der Waals surface area contributed by atoms with Gasteiger partial charge in [-0.05, 0) is 27.7 Å². The Labute approximate surface area is 107 Å². The van der Waals surface area contributed by atoms with E-state index in [9.17, 15) is 5.11 Å². The third-order valence-corrected chi connectivity index (χ3v) is 2.09. The normalized spacial score (nSPS) is 12.4. The van der Waals surface area contributed by atoms with Crippen molar-refractivity contribution in [3.8, 4) is 17.8 Å². The summed E-state index contributed by atoms with van der Waals surface area (Å²) >= 11 is 0. The number of rotatable bonds is 6. The lowest BCUT2D eigenvalue weighted by molar-refractivity contribution is 0.169. The molecule has 0 fully saturated rings. The molecule has 0 bridgehead atoms. The van der Waals surface area contributed by atoms with Crippen molar-refractivity contribution in [1.82, 2.24) is 9.97 Å². The van der Waals surface area contributed by atoms with E-state index in [1.165, 1.54) is 7.11 Å². The SMILES string of the molecule is CCOc1nc(OC)c(C(C)O)c(OC(C)C)n1. The minimum Gasteiger partial charge on any atom is -0.480 e. The molecule has 1 rings (SSSR count). The first-order valence-electron chi connectivity index (χ1n) is 5.93. The molecule has 0 saturated heterocycles. The van der Waals surface area contributed by atoms with Crippen molar-refractivity contribution in [2.75, 3.05) is 13.7 Å². The Bertz CT molecular complexity index is 394. The second-order valence-electron chi connectivity index (χ2n) is 4.01. The first-order chi connectivity index (χ1) is 8.49. The Morgan fingerprint density at radius 1 is 1.17 bits per heavy atom. The van der Waals surface area contributed by atoms with Crippen LogP contribution in [0, 0.1) is 0 Å². The molecule has 0 aliphatic heterocycles. The predicted molar refractivity (Wildman–Crippen MR) is 66.2 cm³/mol. The fourth-order valence-electron chi connectivity index (χ4n) is 1.43. The van der Waals surface area contributed by atoms with Gasteiger partial charge < -0.3 is 19.3 Å². The van der Waals surface area contributed by atoms with Gasteiger partial charge in [0.15, 0.2) is 0 Å². The minimum absolute atomic E-state index is 0.0726. The Morgan fingerprint density at radius 2 is 1.78 bits per heavy atom. The van der Waals surface area contributed by atoms with Gasteiger partial charge in [-0.25, -0.2) is 0 Å². The lowest BCUT2D eigenvalue weighted by Crippen LogP contribution is -2.13. The summed E-state index contributed by atoms with van der Waals surface area (Å²) < 4.78 is 16.0. The molecule has 102 valence electrons. The highest BCUT2D eigenvalue weighted by molar-refractivity contribution is 5.38. The Morgan fingerprint density at radius 3 is 2.22 bits per heavy atom. The molecule has 1 unspecified atom stereocenters. The van der Waals surface area contributed by atoms with E-state index in [4.69, 9.17) is 14.2 Å². The van der Waals surface area contributed by atoms with Gasteiger partial charge in [0.1, 0.15) is 5.56 Å². The van der Waals surface area contributed by atoms with Crippen LogP contribution < -0.4 is 14.2 Å².